The lowest BCUT2D eigenvalue weighted by molar-refractivity contribution is 0.0977. The summed E-state index contributed by atoms with van der Waals surface area (Å²) in [7, 11) is 0. The molecule has 2 aromatic rings. The molecular weight excluding hydrogens is 339 g/mol. The number of amides is 1. The van der Waals surface area contributed by atoms with Gasteiger partial charge in [-0.3, -0.25) is 10.1 Å². The van der Waals surface area contributed by atoms with Crippen LogP contribution in [0.3, 0.4) is 0 Å². The third-order valence-corrected chi connectivity index (χ3v) is 3.69. The molecule has 6 heteroatoms. The van der Waals surface area contributed by atoms with E-state index in [1.54, 1.807) is 42.5 Å². The Morgan fingerprint density at radius 3 is 2.52 bits per heavy atom. The van der Waals surface area contributed by atoms with Gasteiger partial charge < -0.3 is 10.1 Å². The van der Waals surface area contributed by atoms with Gasteiger partial charge in [0.1, 0.15) is 11.6 Å². The summed E-state index contributed by atoms with van der Waals surface area (Å²) in [6.07, 6.45) is 3.28. The van der Waals surface area contributed by atoms with Crippen LogP contribution in [0.1, 0.15) is 36.5 Å². The van der Waals surface area contributed by atoms with Gasteiger partial charge in [0, 0.05) is 5.56 Å². The van der Waals surface area contributed by atoms with Gasteiger partial charge in [-0.15, -0.1) is 0 Å². The smallest absolute Gasteiger partial charge is 0.257 e. The number of rotatable bonds is 7. The molecule has 0 spiro atoms. The number of anilines is 1. The van der Waals surface area contributed by atoms with Crippen LogP contribution in [0.25, 0.3) is 0 Å². The van der Waals surface area contributed by atoms with E-state index in [0.717, 1.165) is 25.0 Å². The molecule has 0 fully saturated rings. The molecule has 2 rings (SSSR count). The lowest BCUT2D eigenvalue weighted by atomic mass is 10.2. The van der Waals surface area contributed by atoms with E-state index >= 15 is 0 Å². The Kier molecular flexibility index (Phi) is 7.35. The first-order chi connectivity index (χ1) is 12.1. The molecule has 0 aromatic heterocycles. The fraction of sp³-hybridized carbons (Fsp3) is 0.263. The van der Waals surface area contributed by atoms with Crippen LogP contribution in [0.15, 0.2) is 48.5 Å². The van der Waals surface area contributed by atoms with Gasteiger partial charge in [0.05, 0.1) is 12.3 Å². The highest BCUT2D eigenvalue weighted by Crippen LogP contribution is 2.14. The Hall–Kier alpha value is -2.47. The number of para-hydroxylation sites is 1. The van der Waals surface area contributed by atoms with Gasteiger partial charge in [-0.1, -0.05) is 31.9 Å². The maximum atomic E-state index is 13.6. The Morgan fingerprint density at radius 2 is 1.84 bits per heavy atom. The zero-order valence-electron chi connectivity index (χ0n) is 14.0. The molecule has 25 heavy (non-hydrogen) atoms. The second-order valence-electron chi connectivity index (χ2n) is 5.47. The molecule has 0 unspecified atom stereocenters. The summed E-state index contributed by atoms with van der Waals surface area (Å²) in [5.74, 6) is -0.0882. The number of thiocarbonyl (C=S) groups is 1. The molecule has 2 aromatic carbocycles. The van der Waals surface area contributed by atoms with Crippen molar-refractivity contribution in [1.82, 2.24) is 5.32 Å². The molecule has 0 radical (unpaired) electrons. The molecule has 4 nitrogen and oxygen atoms in total. The molecule has 0 atom stereocenters. The van der Waals surface area contributed by atoms with Crippen LogP contribution in [-0.2, 0) is 0 Å². The predicted octanol–water partition coefficient (Wildman–Crippen LogP) is 4.52. The average Bonchev–Trinajstić information content (AvgIpc) is 2.61. The SMILES string of the molecule is CCCCCOc1ccc(C(=O)NC(=S)Nc2ccccc2F)cc1. The zero-order chi connectivity index (χ0) is 18.1. The van der Waals surface area contributed by atoms with Crippen molar-refractivity contribution in [1.29, 1.82) is 0 Å². The van der Waals surface area contributed by atoms with Crippen LogP contribution in [0.2, 0.25) is 0 Å². The number of carbonyl (C=O) groups is 1. The van der Waals surface area contributed by atoms with E-state index in [-0.39, 0.29) is 16.7 Å². The number of halogens is 1. The van der Waals surface area contributed by atoms with E-state index in [4.69, 9.17) is 17.0 Å². The van der Waals surface area contributed by atoms with E-state index in [9.17, 15) is 9.18 Å². The molecule has 0 bridgehead atoms. The van der Waals surface area contributed by atoms with Gasteiger partial charge in [0.25, 0.3) is 5.91 Å². The normalized spacial score (nSPS) is 10.2. The number of benzene rings is 2. The number of ether oxygens (including phenoxy) is 1. The number of hydrogen-bond donors (Lipinski definition) is 2. The molecule has 0 saturated carbocycles. The summed E-state index contributed by atoms with van der Waals surface area (Å²) in [5, 5.41) is 5.22. The standard InChI is InChI=1S/C19H21FN2O2S/c1-2-3-6-13-24-15-11-9-14(10-12-15)18(23)22-19(25)21-17-8-5-4-7-16(17)20/h4-5,7-12H,2-3,6,13H2,1H3,(H2,21,22,23,25). The van der Waals surface area contributed by atoms with Crippen molar-refractivity contribution in [2.45, 2.75) is 26.2 Å². The molecule has 132 valence electrons. The lowest BCUT2D eigenvalue weighted by Gasteiger charge is -2.11. The minimum Gasteiger partial charge on any atom is -0.494 e. The fourth-order valence-corrected chi connectivity index (χ4v) is 2.34. The topological polar surface area (TPSA) is 50.4 Å². The summed E-state index contributed by atoms with van der Waals surface area (Å²) < 4.78 is 19.2. The molecule has 0 aliphatic carbocycles. The first-order valence-electron chi connectivity index (χ1n) is 8.20. The van der Waals surface area contributed by atoms with Gasteiger partial charge in [-0.2, -0.15) is 0 Å². The highest BCUT2D eigenvalue weighted by Gasteiger charge is 2.09. The van der Waals surface area contributed by atoms with Crippen LogP contribution in [0, 0.1) is 5.82 Å². The summed E-state index contributed by atoms with van der Waals surface area (Å²) in [6.45, 7) is 2.80. The average molecular weight is 360 g/mol. The van der Waals surface area contributed by atoms with Gasteiger partial charge in [0.2, 0.25) is 0 Å². The van der Waals surface area contributed by atoms with Crippen molar-refractivity contribution in [2.24, 2.45) is 0 Å². The molecule has 0 heterocycles. The number of unbranched alkanes of at least 4 members (excludes halogenated alkanes) is 2. The van der Waals surface area contributed by atoms with Crippen LogP contribution in [-0.4, -0.2) is 17.6 Å². The molecular formula is C19H21FN2O2S. The van der Waals surface area contributed by atoms with Crippen molar-refractivity contribution < 1.29 is 13.9 Å². The van der Waals surface area contributed by atoms with Crippen LogP contribution < -0.4 is 15.4 Å². The number of nitrogens with one attached hydrogen (secondary N) is 2. The van der Waals surface area contributed by atoms with Gasteiger partial charge in [-0.05, 0) is 55.0 Å². The predicted molar refractivity (Wildman–Crippen MR) is 102 cm³/mol. The Balaban J connectivity index is 1.85. The quantitative estimate of drug-likeness (QED) is 0.563. The Labute approximate surface area is 152 Å². The van der Waals surface area contributed by atoms with Crippen molar-refractivity contribution >= 4 is 28.9 Å². The number of carbonyl (C=O) groups excluding carboxylic acids is 1. The van der Waals surface area contributed by atoms with E-state index in [1.165, 1.54) is 6.07 Å². The van der Waals surface area contributed by atoms with Gasteiger partial charge >= 0.3 is 0 Å². The summed E-state index contributed by atoms with van der Waals surface area (Å²) in [4.78, 5) is 12.2. The Bertz CT molecular complexity index is 720. The van der Waals surface area contributed by atoms with Gasteiger partial charge in [-0.25, -0.2) is 4.39 Å². The third-order valence-electron chi connectivity index (χ3n) is 3.48. The van der Waals surface area contributed by atoms with Crippen molar-refractivity contribution in [3.05, 3.63) is 59.9 Å². The summed E-state index contributed by atoms with van der Waals surface area (Å²) in [5.41, 5.74) is 0.655. The molecule has 2 N–H and O–H groups in total. The highest BCUT2D eigenvalue weighted by molar-refractivity contribution is 7.80. The number of hydrogen-bond acceptors (Lipinski definition) is 3. The zero-order valence-corrected chi connectivity index (χ0v) is 14.9. The first kappa shape index (κ1) is 18.9. The first-order valence-corrected chi connectivity index (χ1v) is 8.60. The second-order valence-corrected chi connectivity index (χ2v) is 5.88. The highest BCUT2D eigenvalue weighted by atomic mass is 32.1. The van der Waals surface area contributed by atoms with Crippen molar-refractivity contribution in [3.63, 3.8) is 0 Å². The molecule has 0 saturated heterocycles. The maximum Gasteiger partial charge on any atom is 0.257 e. The van der Waals surface area contributed by atoms with Crippen molar-refractivity contribution in [2.75, 3.05) is 11.9 Å². The molecule has 1 amide bonds. The maximum absolute atomic E-state index is 13.6. The van der Waals surface area contributed by atoms with Crippen LogP contribution in [0.4, 0.5) is 10.1 Å². The largest absolute Gasteiger partial charge is 0.494 e. The lowest BCUT2D eigenvalue weighted by Crippen LogP contribution is -2.34. The van der Waals surface area contributed by atoms with Crippen molar-refractivity contribution in [3.8, 4) is 5.75 Å². The Morgan fingerprint density at radius 1 is 1.12 bits per heavy atom. The monoisotopic (exact) mass is 360 g/mol. The minimum atomic E-state index is -0.441. The minimum absolute atomic E-state index is 0.0370. The molecule has 0 aliphatic heterocycles. The second kappa shape index (κ2) is 9.74. The summed E-state index contributed by atoms with van der Waals surface area (Å²) in [6, 6.07) is 12.9. The van der Waals surface area contributed by atoms with Crippen LogP contribution in [0.5, 0.6) is 5.75 Å². The fourth-order valence-electron chi connectivity index (χ4n) is 2.14. The van der Waals surface area contributed by atoms with Crippen LogP contribution >= 0.6 is 12.2 Å². The third kappa shape index (κ3) is 6.15. The van der Waals surface area contributed by atoms with E-state index < -0.39 is 5.82 Å². The van der Waals surface area contributed by atoms with Gasteiger partial charge in [0.15, 0.2) is 5.11 Å². The van der Waals surface area contributed by atoms with E-state index in [2.05, 4.69) is 17.6 Å². The molecule has 0 aliphatic rings. The summed E-state index contributed by atoms with van der Waals surface area (Å²) >= 11 is 5.05. The van der Waals surface area contributed by atoms with E-state index in [1.807, 2.05) is 0 Å². The van der Waals surface area contributed by atoms with E-state index in [0.29, 0.717) is 12.2 Å².